The molecule has 1 aromatic heterocycles. The maximum atomic E-state index is 5.50. The maximum absolute atomic E-state index is 5.50. The number of hydrogen-bond acceptors (Lipinski definition) is 6. The van der Waals surface area contributed by atoms with Crippen molar-refractivity contribution in [3.05, 3.63) is 59.9 Å². The van der Waals surface area contributed by atoms with Crippen molar-refractivity contribution in [2.75, 3.05) is 21.3 Å². The van der Waals surface area contributed by atoms with Crippen molar-refractivity contribution in [1.29, 1.82) is 0 Å². The summed E-state index contributed by atoms with van der Waals surface area (Å²) in [5, 5.41) is 12.1. The molecule has 0 unspecified atom stereocenters. The van der Waals surface area contributed by atoms with Gasteiger partial charge >= 0.3 is 0 Å². The molecule has 0 aliphatic heterocycles. The van der Waals surface area contributed by atoms with Crippen molar-refractivity contribution in [3.8, 4) is 22.9 Å². The molecule has 1 N–H and O–H groups in total. The van der Waals surface area contributed by atoms with Crippen LogP contribution in [0.5, 0.6) is 17.2 Å². The molecule has 136 valence electrons. The maximum Gasteiger partial charge on any atom is 0.203 e. The lowest BCUT2D eigenvalue weighted by molar-refractivity contribution is 0.321. The fourth-order valence-electron chi connectivity index (χ4n) is 2.69. The summed E-state index contributed by atoms with van der Waals surface area (Å²) in [6.07, 6.45) is 1.76. The van der Waals surface area contributed by atoms with Gasteiger partial charge in [0.1, 0.15) is 0 Å². The zero-order chi connectivity index (χ0) is 18.4. The van der Waals surface area contributed by atoms with E-state index in [9.17, 15) is 0 Å². The predicted octanol–water partition coefficient (Wildman–Crippen LogP) is 2.58. The molecule has 7 heteroatoms. The van der Waals surface area contributed by atoms with Crippen LogP contribution in [0.3, 0.4) is 0 Å². The smallest absolute Gasteiger partial charge is 0.203 e. The first kappa shape index (κ1) is 17.8. The largest absolute Gasteiger partial charge is 0.493 e. The van der Waals surface area contributed by atoms with E-state index in [2.05, 4.69) is 15.5 Å². The first-order valence-corrected chi connectivity index (χ1v) is 8.22. The normalized spacial score (nSPS) is 10.6. The number of benzene rings is 2. The zero-order valence-electron chi connectivity index (χ0n) is 15.1. The van der Waals surface area contributed by atoms with Crippen molar-refractivity contribution in [3.63, 3.8) is 0 Å². The van der Waals surface area contributed by atoms with Gasteiger partial charge in [0, 0.05) is 18.7 Å². The number of aromatic nitrogens is 3. The molecule has 0 aliphatic rings. The Labute approximate surface area is 152 Å². The number of methoxy groups -OCH3 is 3. The highest BCUT2D eigenvalue weighted by atomic mass is 16.5. The topological polar surface area (TPSA) is 70.4 Å². The van der Waals surface area contributed by atoms with E-state index in [1.54, 1.807) is 32.3 Å². The zero-order valence-corrected chi connectivity index (χ0v) is 15.1. The molecule has 2 aromatic carbocycles. The third-order valence-corrected chi connectivity index (χ3v) is 3.93. The Morgan fingerprint density at radius 2 is 1.65 bits per heavy atom. The van der Waals surface area contributed by atoms with E-state index >= 15 is 0 Å². The van der Waals surface area contributed by atoms with E-state index in [-0.39, 0.29) is 0 Å². The quantitative estimate of drug-likeness (QED) is 0.670. The van der Waals surface area contributed by atoms with Crippen LogP contribution in [0.2, 0.25) is 0 Å². The van der Waals surface area contributed by atoms with Crippen LogP contribution < -0.4 is 19.5 Å². The van der Waals surface area contributed by atoms with Gasteiger partial charge in [-0.05, 0) is 18.2 Å². The lowest BCUT2D eigenvalue weighted by Crippen LogP contribution is -2.14. The van der Waals surface area contributed by atoms with Crippen molar-refractivity contribution in [2.24, 2.45) is 0 Å². The summed E-state index contributed by atoms with van der Waals surface area (Å²) in [6, 6.07) is 13.6. The van der Waals surface area contributed by atoms with Crippen LogP contribution in [-0.4, -0.2) is 36.3 Å². The molecule has 0 saturated heterocycles. The van der Waals surface area contributed by atoms with Crippen LogP contribution in [0.1, 0.15) is 11.3 Å². The summed E-state index contributed by atoms with van der Waals surface area (Å²) >= 11 is 0. The van der Waals surface area contributed by atoms with Crippen molar-refractivity contribution < 1.29 is 14.2 Å². The highest BCUT2D eigenvalue weighted by Gasteiger charge is 2.15. The third kappa shape index (κ3) is 3.78. The molecule has 0 fully saturated rings. The number of nitrogens with one attached hydrogen (secondary N) is 1. The minimum atomic E-state index is 0.587. The average molecular weight is 354 g/mol. The third-order valence-electron chi connectivity index (χ3n) is 3.93. The summed E-state index contributed by atoms with van der Waals surface area (Å²) in [4.78, 5) is 1.62. The molecule has 0 saturated carbocycles. The summed E-state index contributed by atoms with van der Waals surface area (Å²) in [5.41, 5.74) is 2.76. The van der Waals surface area contributed by atoms with Gasteiger partial charge in [-0.25, -0.2) is 0 Å². The standard InChI is InChI=1S/C19H22N4O3/c1-24-17-10-9-14(18(25-2)19(17)26-3)11-20-12-15-13-21-23(22-15)16-7-5-4-6-8-16/h4-10,13,20H,11-12H2,1-3H3. The fourth-order valence-corrected chi connectivity index (χ4v) is 2.69. The van der Waals surface area contributed by atoms with E-state index < -0.39 is 0 Å². The molecule has 0 aliphatic carbocycles. The van der Waals surface area contributed by atoms with Crippen LogP contribution in [-0.2, 0) is 13.1 Å². The second-order valence-corrected chi connectivity index (χ2v) is 5.56. The van der Waals surface area contributed by atoms with Gasteiger partial charge in [0.25, 0.3) is 0 Å². The molecule has 3 rings (SSSR count). The van der Waals surface area contributed by atoms with Crippen LogP contribution in [0, 0.1) is 0 Å². The van der Waals surface area contributed by atoms with Gasteiger partial charge in [0.2, 0.25) is 5.75 Å². The number of rotatable bonds is 8. The lowest BCUT2D eigenvalue weighted by Gasteiger charge is -2.15. The second-order valence-electron chi connectivity index (χ2n) is 5.56. The monoisotopic (exact) mass is 354 g/mol. The minimum Gasteiger partial charge on any atom is -0.493 e. The number of ether oxygens (including phenoxy) is 3. The highest BCUT2D eigenvalue weighted by molar-refractivity contribution is 5.55. The number of para-hydroxylation sites is 1. The van der Waals surface area contributed by atoms with Gasteiger partial charge < -0.3 is 19.5 Å². The molecule has 0 bridgehead atoms. The summed E-state index contributed by atoms with van der Waals surface area (Å²) in [6.45, 7) is 1.19. The predicted molar refractivity (Wildman–Crippen MR) is 98.0 cm³/mol. The van der Waals surface area contributed by atoms with Gasteiger partial charge in [0.05, 0.1) is 38.9 Å². The Morgan fingerprint density at radius 3 is 2.35 bits per heavy atom. The SMILES string of the molecule is COc1ccc(CNCc2cnn(-c3ccccc3)n2)c(OC)c1OC. The molecule has 3 aromatic rings. The minimum absolute atomic E-state index is 0.587. The lowest BCUT2D eigenvalue weighted by atomic mass is 10.1. The molecular weight excluding hydrogens is 332 g/mol. The first-order valence-electron chi connectivity index (χ1n) is 8.22. The van der Waals surface area contributed by atoms with Crippen LogP contribution in [0.15, 0.2) is 48.7 Å². The summed E-state index contributed by atoms with van der Waals surface area (Å²) in [7, 11) is 4.82. The Kier molecular flexibility index (Phi) is 5.70. The first-order chi connectivity index (χ1) is 12.8. The van der Waals surface area contributed by atoms with Gasteiger partial charge in [-0.3, -0.25) is 0 Å². The van der Waals surface area contributed by atoms with E-state index in [0.717, 1.165) is 16.9 Å². The molecule has 0 amide bonds. The van der Waals surface area contributed by atoms with Crippen molar-refractivity contribution in [1.82, 2.24) is 20.3 Å². The second kappa shape index (κ2) is 8.35. The highest BCUT2D eigenvalue weighted by Crippen LogP contribution is 2.39. The Balaban J connectivity index is 1.66. The van der Waals surface area contributed by atoms with Crippen LogP contribution >= 0.6 is 0 Å². The van der Waals surface area contributed by atoms with E-state index in [4.69, 9.17) is 14.2 Å². The molecule has 0 spiro atoms. The Bertz CT molecular complexity index is 849. The van der Waals surface area contributed by atoms with Gasteiger partial charge in [-0.2, -0.15) is 15.0 Å². The van der Waals surface area contributed by atoms with Crippen molar-refractivity contribution in [2.45, 2.75) is 13.1 Å². The van der Waals surface area contributed by atoms with Crippen LogP contribution in [0.4, 0.5) is 0 Å². The van der Waals surface area contributed by atoms with E-state index in [1.807, 2.05) is 42.5 Å². The van der Waals surface area contributed by atoms with E-state index in [0.29, 0.717) is 30.3 Å². The number of nitrogens with zero attached hydrogens (tertiary/aromatic N) is 3. The van der Waals surface area contributed by atoms with Crippen molar-refractivity contribution >= 4 is 0 Å². The Hall–Kier alpha value is -3.06. The molecule has 1 heterocycles. The molecule has 0 atom stereocenters. The fraction of sp³-hybridized carbons (Fsp3) is 0.263. The average Bonchev–Trinajstić information content (AvgIpc) is 3.17. The van der Waals surface area contributed by atoms with Gasteiger partial charge in [-0.15, -0.1) is 0 Å². The van der Waals surface area contributed by atoms with Crippen LogP contribution in [0.25, 0.3) is 5.69 Å². The molecule has 7 nitrogen and oxygen atoms in total. The Morgan fingerprint density at radius 1 is 0.885 bits per heavy atom. The van der Waals surface area contributed by atoms with Gasteiger partial charge in [0.15, 0.2) is 11.5 Å². The van der Waals surface area contributed by atoms with E-state index in [1.165, 1.54) is 0 Å². The molecular formula is C19H22N4O3. The van der Waals surface area contributed by atoms with Gasteiger partial charge in [-0.1, -0.05) is 24.3 Å². The summed E-state index contributed by atoms with van der Waals surface area (Å²) in [5.74, 6) is 1.88. The number of hydrogen-bond donors (Lipinski definition) is 1. The summed E-state index contributed by atoms with van der Waals surface area (Å²) < 4.78 is 16.2. The molecule has 0 radical (unpaired) electrons. The molecule has 26 heavy (non-hydrogen) atoms.